The predicted octanol–water partition coefficient (Wildman–Crippen LogP) is 5.55. The molecule has 2 amide bonds. The zero-order valence-corrected chi connectivity index (χ0v) is 36.8. The van der Waals surface area contributed by atoms with Gasteiger partial charge in [-0.2, -0.15) is 0 Å². The number of likely N-dealkylation sites (N-methyl/N-ethyl adjacent to an activating group) is 1. The maximum atomic E-state index is 15.4. The standard InChI is InChI=1S/C45H56F2N8O5S/c1-8-34-37(29-17-27(20-48-39(29)25(3)59-7)53-13-11-52(6)12-14-53)30-19-44(4,5)23-60-43(58)40-38-31(45(38,46)47)21-55(51-40)42(57)32(50-41(56)28-15-24(28)2)18-36-49-33(22-61-36)26-9-10-54(34)35(30)16-26/h9-10,16-17,20,22,24-25,28,31-32,38,40,51H,8,11-15,18-19,21,23H2,1-7H3,(H,50,56)/t24-,25-,28-,31+,32-,38+,40-/m0/s1. The number of anilines is 1. The number of halogens is 2. The van der Waals surface area contributed by atoms with Crippen LogP contribution in [0.5, 0.6) is 0 Å². The van der Waals surface area contributed by atoms with Crippen LogP contribution in [-0.2, 0) is 43.1 Å². The molecule has 2 saturated heterocycles. The number of hydrogen-bond donors (Lipinski definition) is 2. The third-order valence-electron chi connectivity index (χ3n) is 13.6. The van der Waals surface area contributed by atoms with Gasteiger partial charge in [-0.3, -0.25) is 24.4 Å². The summed E-state index contributed by atoms with van der Waals surface area (Å²) >= 11 is 1.38. The van der Waals surface area contributed by atoms with E-state index in [1.165, 1.54) is 11.3 Å². The Morgan fingerprint density at radius 3 is 2.64 bits per heavy atom. The highest BCUT2D eigenvalue weighted by atomic mass is 32.1. The van der Waals surface area contributed by atoms with Crippen LogP contribution in [0.15, 0.2) is 36.0 Å². The van der Waals surface area contributed by atoms with Gasteiger partial charge in [0.05, 0.1) is 52.8 Å². The van der Waals surface area contributed by atoms with Crippen molar-refractivity contribution in [2.24, 2.45) is 29.1 Å². The minimum absolute atomic E-state index is 0.0577. The van der Waals surface area contributed by atoms with Crippen molar-refractivity contribution in [3.63, 3.8) is 0 Å². The SMILES string of the molecule is CCc1c(-c2cc(N3CCN(C)CC3)cnc2[C@H](C)OC)c2c3cc(ccn13)-c1csc(n1)C[C@H](NC(=O)[C@H]1C[C@@H]1C)C(=O)N1C[C@@H]3[C@H]([C@H](N1)C(=O)OCC(C)(C)C2)C3(F)F. The van der Waals surface area contributed by atoms with Gasteiger partial charge >= 0.3 is 5.97 Å². The number of ether oxygens (including phenoxy) is 2. The molecule has 7 atom stereocenters. The van der Waals surface area contributed by atoms with E-state index in [0.717, 1.165) is 81.7 Å². The Morgan fingerprint density at radius 2 is 1.93 bits per heavy atom. The van der Waals surface area contributed by atoms with Crippen LogP contribution in [0, 0.1) is 29.1 Å². The summed E-state index contributed by atoms with van der Waals surface area (Å²) in [4.78, 5) is 56.3. The number of pyridine rings is 2. The normalized spacial score (nSPS) is 27.9. The number of rotatable bonds is 7. The number of hydrazine groups is 1. The maximum absolute atomic E-state index is 15.4. The quantitative estimate of drug-likeness (QED) is 0.228. The smallest absolute Gasteiger partial charge is 0.325 e. The van der Waals surface area contributed by atoms with E-state index in [2.05, 4.69) is 57.2 Å². The predicted molar refractivity (Wildman–Crippen MR) is 228 cm³/mol. The largest absolute Gasteiger partial charge is 0.464 e. The zero-order chi connectivity index (χ0) is 43.1. The van der Waals surface area contributed by atoms with Crippen molar-refractivity contribution in [3.8, 4) is 22.4 Å². The van der Waals surface area contributed by atoms with Crippen LogP contribution in [0.2, 0.25) is 0 Å². The second kappa shape index (κ2) is 15.7. The van der Waals surface area contributed by atoms with Crippen LogP contribution < -0.4 is 15.6 Å². The van der Waals surface area contributed by atoms with Crippen LogP contribution in [0.25, 0.3) is 27.9 Å². The van der Waals surface area contributed by atoms with E-state index in [1.807, 2.05) is 45.3 Å². The van der Waals surface area contributed by atoms with Crippen molar-refractivity contribution in [2.75, 3.05) is 58.4 Å². The first-order valence-corrected chi connectivity index (χ1v) is 22.5. The minimum atomic E-state index is -3.16. The molecule has 7 heterocycles. The first kappa shape index (κ1) is 41.8. The summed E-state index contributed by atoms with van der Waals surface area (Å²) in [5.74, 6) is -7.40. The van der Waals surface area contributed by atoms with E-state index in [9.17, 15) is 14.4 Å². The van der Waals surface area contributed by atoms with Crippen LogP contribution in [0.4, 0.5) is 14.5 Å². The van der Waals surface area contributed by atoms with Crippen molar-refractivity contribution in [1.82, 2.24) is 35.0 Å². The molecule has 0 aromatic carbocycles. The average Bonchev–Trinajstić information content (AvgIpc) is 3.96. The number of hydrogen-bond acceptors (Lipinski definition) is 11. The number of nitrogens with one attached hydrogen (secondary N) is 2. The van der Waals surface area contributed by atoms with E-state index in [4.69, 9.17) is 19.4 Å². The number of nitrogens with zero attached hydrogens (tertiary/aromatic N) is 6. The summed E-state index contributed by atoms with van der Waals surface area (Å²) < 4.78 is 44.9. The maximum Gasteiger partial charge on any atom is 0.325 e. The fraction of sp³-hybridized carbons (Fsp3) is 0.578. The number of aromatic nitrogens is 3. The number of fused-ring (bicyclic) bond motifs is 8. The lowest BCUT2D eigenvalue weighted by atomic mass is 9.83. The highest BCUT2D eigenvalue weighted by Gasteiger charge is 2.75. The Hall–Kier alpha value is -4.51. The van der Waals surface area contributed by atoms with Gasteiger partial charge in [-0.25, -0.2) is 19.2 Å². The number of piperazine rings is 1. The van der Waals surface area contributed by atoms with Gasteiger partial charge in [0.1, 0.15) is 12.1 Å². The van der Waals surface area contributed by atoms with Crippen LogP contribution in [0.3, 0.4) is 0 Å². The molecular formula is C45H56F2N8O5S. The Balaban J connectivity index is 1.18. The van der Waals surface area contributed by atoms with Crippen LogP contribution in [0.1, 0.15) is 69.1 Å². The number of cyclic esters (lactones) is 1. The average molecular weight is 859 g/mol. The van der Waals surface area contributed by atoms with Gasteiger partial charge in [-0.05, 0) is 62.9 Å². The number of methoxy groups -OCH3 is 1. The summed E-state index contributed by atoms with van der Waals surface area (Å²) in [5, 5.41) is 6.58. The molecule has 13 nitrogen and oxygen atoms in total. The lowest BCUT2D eigenvalue weighted by Crippen LogP contribution is -2.61. The van der Waals surface area contributed by atoms with Gasteiger partial charge in [-0.15, -0.1) is 11.3 Å². The summed E-state index contributed by atoms with van der Waals surface area (Å²) in [5.41, 5.74) is 10.7. The molecule has 4 fully saturated rings. The lowest BCUT2D eigenvalue weighted by molar-refractivity contribution is -0.156. The number of thiazole rings is 1. The van der Waals surface area contributed by atoms with Crippen molar-refractivity contribution < 1.29 is 32.6 Å². The summed E-state index contributed by atoms with van der Waals surface area (Å²) in [7, 11) is 3.82. The molecule has 326 valence electrons. The zero-order valence-electron chi connectivity index (χ0n) is 36.0. The number of carbonyl (C=O) groups excluding carboxylic acids is 3. The third-order valence-corrected chi connectivity index (χ3v) is 14.5. The van der Waals surface area contributed by atoms with E-state index < -0.39 is 47.1 Å². The molecule has 61 heavy (non-hydrogen) atoms. The Morgan fingerprint density at radius 1 is 1.18 bits per heavy atom. The molecule has 2 aliphatic carbocycles. The van der Waals surface area contributed by atoms with Crippen molar-refractivity contribution in [1.29, 1.82) is 0 Å². The summed E-state index contributed by atoms with van der Waals surface area (Å²) in [6.45, 7) is 13.4. The molecule has 6 bridgehead atoms. The molecule has 2 N–H and O–H groups in total. The Kier molecular flexibility index (Phi) is 10.8. The number of carbonyl (C=O) groups is 3. The minimum Gasteiger partial charge on any atom is -0.464 e. The molecular weight excluding hydrogens is 803 g/mol. The number of aryl methyl sites for hydroxylation is 1. The fourth-order valence-corrected chi connectivity index (χ4v) is 10.5. The van der Waals surface area contributed by atoms with Crippen LogP contribution in [-0.4, -0.2) is 114 Å². The first-order chi connectivity index (χ1) is 29.1. The number of alkyl halides is 2. The Bertz CT molecular complexity index is 2370. The van der Waals surface area contributed by atoms with E-state index in [-0.39, 0.29) is 43.4 Å². The monoisotopic (exact) mass is 858 g/mol. The first-order valence-electron chi connectivity index (χ1n) is 21.6. The Labute approximate surface area is 359 Å². The lowest BCUT2D eigenvalue weighted by Gasteiger charge is -2.34. The van der Waals surface area contributed by atoms with Crippen molar-refractivity contribution in [3.05, 3.63) is 57.9 Å². The topological polar surface area (TPSA) is 134 Å². The van der Waals surface area contributed by atoms with E-state index in [0.29, 0.717) is 24.3 Å². The second-order valence-corrected chi connectivity index (χ2v) is 19.6. The highest BCUT2D eigenvalue weighted by Crippen LogP contribution is 2.59. The van der Waals surface area contributed by atoms with Crippen LogP contribution >= 0.6 is 11.3 Å². The van der Waals surface area contributed by atoms with Gasteiger partial charge in [0, 0.05) is 97.1 Å². The third kappa shape index (κ3) is 7.71. The summed E-state index contributed by atoms with van der Waals surface area (Å²) in [6.07, 6.45) is 5.65. The van der Waals surface area contributed by atoms with Gasteiger partial charge in [-0.1, -0.05) is 27.7 Å². The number of amides is 2. The molecule has 16 heteroatoms. The van der Waals surface area contributed by atoms with Crippen molar-refractivity contribution >= 4 is 40.3 Å². The molecule has 3 aliphatic heterocycles. The molecule has 9 rings (SSSR count). The van der Waals surface area contributed by atoms with Gasteiger partial charge in [0.15, 0.2) is 0 Å². The molecule has 0 unspecified atom stereocenters. The molecule has 0 spiro atoms. The molecule has 4 aromatic heterocycles. The van der Waals surface area contributed by atoms with E-state index >= 15 is 8.78 Å². The molecule has 2 saturated carbocycles. The fourth-order valence-electron chi connectivity index (χ4n) is 9.64. The molecule has 4 aromatic rings. The van der Waals surface area contributed by atoms with Gasteiger partial charge in [0.25, 0.3) is 11.8 Å². The highest BCUT2D eigenvalue weighted by molar-refractivity contribution is 7.10. The molecule has 5 aliphatic rings. The number of esters is 1. The van der Waals surface area contributed by atoms with Gasteiger partial charge in [0.2, 0.25) is 5.91 Å². The van der Waals surface area contributed by atoms with Gasteiger partial charge < -0.3 is 29.0 Å². The summed E-state index contributed by atoms with van der Waals surface area (Å²) in [6, 6.07) is 3.91. The molecule has 0 radical (unpaired) electrons. The van der Waals surface area contributed by atoms with E-state index in [1.54, 1.807) is 7.11 Å². The second-order valence-electron chi connectivity index (χ2n) is 18.6. The van der Waals surface area contributed by atoms with Crippen molar-refractivity contribution in [2.45, 2.75) is 84.4 Å².